The zero-order valence-corrected chi connectivity index (χ0v) is 25.8. The van der Waals surface area contributed by atoms with Gasteiger partial charge in [-0.1, -0.05) is 132 Å². The molecular weight excluding hydrogens is 564 g/mol. The molecule has 0 spiro atoms. The highest BCUT2D eigenvalue weighted by Gasteiger charge is 2.48. The summed E-state index contributed by atoms with van der Waals surface area (Å²) in [7, 11) is 0. The summed E-state index contributed by atoms with van der Waals surface area (Å²) in [6.45, 7) is 4.84. The van der Waals surface area contributed by atoms with Crippen molar-refractivity contribution in [1.29, 1.82) is 0 Å². The molecule has 46 heavy (non-hydrogen) atoms. The molecule has 0 bridgehead atoms. The second-order valence-corrected chi connectivity index (χ2v) is 12.3. The van der Waals surface area contributed by atoms with Crippen molar-refractivity contribution >= 4 is 44.8 Å². The molecule has 0 unspecified atom stereocenters. The predicted molar refractivity (Wildman–Crippen MR) is 185 cm³/mol. The number of hydrogen-bond donors (Lipinski definition) is 0. The minimum Gasteiger partial charge on any atom is -0.302 e. The first-order valence-electron chi connectivity index (χ1n) is 15.7. The maximum Gasteiger partial charge on any atom is 0.261 e. The van der Waals surface area contributed by atoms with E-state index in [1.54, 1.807) is 0 Å². The number of benzene rings is 6. The number of fused-ring (bicyclic) bond motifs is 3. The predicted octanol–water partition coefficient (Wildman–Crippen LogP) is 8.82. The Kier molecular flexibility index (Phi) is 6.65. The number of amides is 2. The molecule has 4 nitrogen and oxygen atoms in total. The first kappa shape index (κ1) is 27.8. The summed E-state index contributed by atoms with van der Waals surface area (Å²) in [6, 6.07) is 45.2. The summed E-state index contributed by atoms with van der Waals surface area (Å²) in [5.74, 6) is -0.300. The molecule has 0 aromatic heterocycles. The lowest BCUT2D eigenvalue weighted by Crippen LogP contribution is -2.29. The SMILES string of the molecule is Cc1cccc(CN2C(=O)C3=C(c4ccc5ccccc5c4)N(Cc4cccc(C)c4)C(=O)C3=C2c2ccc3ccccc3c2)c1. The first-order chi connectivity index (χ1) is 22.4. The fraction of sp³-hybridized carbons (Fsp3) is 0.0952. The summed E-state index contributed by atoms with van der Waals surface area (Å²) in [5.41, 5.74) is 8.29. The number of hydrogen-bond acceptors (Lipinski definition) is 2. The Labute approximate surface area is 268 Å². The van der Waals surface area contributed by atoms with E-state index >= 15 is 0 Å². The minimum absolute atomic E-state index is 0.150. The van der Waals surface area contributed by atoms with Gasteiger partial charge in [-0.3, -0.25) is 9.59 Å². The van der Waals surface area contributed by atoms with Crippen LogP contribution >= 0.6 is 0 Å². The van der Waals surface area contributed by atoms with Gasteiger partial charge in [-0.25, -0.2) is 0 Å². The van der Waals surface area contributed by atoms with E-state index in [9.17, 15) is 9.59 Å². The lowest BCUT2D eigenvalue weighted by molar-refractivity contribution is -0.124. The van der Waals surface area contributed by atoms with Crippen LogP contribution in [0, 0.1) is 13.8 Å². The van der Waals surface area contributed by atoms with Crippen LogP contribution in [0.15, 0.2) is 145 Å². The second-order valence-electron chi connectivity index (χ2n) is 12.3. The van der Waals surface area contributed by atoms with Gasteiger partial charge in [0.05, 0.1) is 35.6 Å². The molecule has 222 valence electrons. The van der Waals surface area contributed by atoms with Crippen LogP contribution in [-0.2, 0) is 22.7 Å². The summed E-state index contributed by atoms with van der Waals surface area (Å²) in [6.07, 6.45) is 0. The maximum absolute atomic E-state index is 14.8. The maximum atomic E-state index is 14.8. The van der Waals surface area contributed by atoms with Gasteiger partial charge in [0.15, 0.2) is 0 Å². The Morgan fingerprint density at radius 1 is 0.435 bits per heavy atom. The third-order valence-corrected chi connectivity index (χ3v) is 9.07. The topological polar surface area (TPSA) is 40.6 Å². The molecule has 0 aliphatic carbocycles. The fourth-order valence-corrected chi connectivity index (χ4v) is 6.96. The van der Waals surface area contributed by atoms with Crippen molar-refractivity contribution in [1.82, 2.24) is 9.80 Å². The van der Waals surface area contributed by atoms with Gasteiger partial charge in [0, 0.05) is 0 Å². The van der Waals surface area contributed by atoms with Crippen molar-refractivity contribution < 1.29 is 9.59 Å². The van der Waals surface area contributed by atoms with E-state index in [2.05, 4.69) is 86.6 Å². The zero-order valence-electron chi connectivity index (χ0n) is 25.8. The molecule has 0 saturated carbocycles. The van der Waals surface area contributed by atoms with E-state index in [1.165, 1.54) is 0 Å². The molecule has 0 atom stereocenters. The highest BCUT2D eigenvalue weighted by Crippen LogP contribution is 2.48. The highest BCUT2D eigenvalue weighted by atomic mass is 16.2. The number of rotatable bonds is 6. The molecule has 2 aliphatic heterocycles. The van der Waals surface area contributed by atoms with E-state index in [-0.39, 0.29) is 11.8 Å². The van der Waals surface area contributed by atoms with Gasteiger partial charge in [-0.15, -0.1) is 0 Å². The molecule has 8 rings (SSSR count). The van der Waals surface area contributed by atoms with Crippen LogP contribution in [0.5, 0.6) is 0 Å². The number of carbonyl (C=O) groups excluding carboxylic acids is 2. The minimum atomic E-state index is -0.150. The van der Waals surface area contributed by atoms with Crippen LogP contribution < -0.4 is 0 Å². The average molecular weight is 597 g/mol. The van der Waals surface area contributed by atoms with Gasteiger partial charge in [0.2, 0.25) is 0 Å². The standard InChI is InChI=1S/C42H32N2O2/c1-27-9-7-11-29(21-27)25-43-39(35-19-17-31-13-3-5-15-33(31)23-35)37-38(41(43)45)40(36-20-18-32-14-4-6-16-34(32)24-36)44(42(37)46)26-30-12-8-10-28(2)22-30/h3-24H,25-26H2,1-2H3. The molecular formula is C42H32N2O2. The molecule has 6 aromatic carbocycles. The molecule has 0 radical (unpaired) electrons. The molecule has 2 amide bonds. The summed E-state index contributed by atoms with van der Waals surface area (Å²) >= 11 is 0. The lowest BCUT2D eigenvalue weighted by Gasteiger charge is -2.26. The van der Waals surface area contributed by atoms with Gasteiger partial charge >= 0.3 is 0 Å². The van der Waals surface area contributed by atoms with E-state index in [0.29, 0.717) is 35.6 Å². The van der Waals surface area contributed by atoms with Crippen molar-refractivity contribution in [2.75, 3.05) is 0 Å². The van der Waals surface area contributed by atoms with Crippen LogP contribution in [0.1, 0.15) is 33.4 Å². The smallest absolute Gasteiger partial charge is 0.261 e. The quantitative estimate of drug-likeness (QED) is 0.193. The van der Waals surface area contributed by atoms with Crippen LogP contribution in [0.3, 0.4) is 0 Å². The number of carbonyl (C=O) groups is 2. The van der Waals surface area contributed by atoms with Crippen LogP contribution in [0.2, 0.25) is 0 Å². The summed E-state index contributed by atoms with van der Waals surface area (Å²) in [4.78, 5) is 33.3. The second kappa shape index (κ2) is 11.0. The Bertz CT molecular complexity index is 2130. The normalized spacial score (nSPS) is 14.7. The third kappa shape index (κ3) is 4.70. The summed E-state index contributed by atoms with van der Waals surface area (Å²) in [5, 5.41) is 4.34. The van der Waals surface area contributed by atoms with Gasteiger partial charge in [-0.2, -0.15) is 0 Å². The largest absolute Gasteiger partial charge is 0.302 e. The van der Waals surface area contributed by atoms with Crippen molar-refractivity contribution in [3.05, 3.63) is 178 Å². The fourth-order valence-electron chi connectivity index (χ4n) is 6.96. The van der Waals surface area contributed by atoms with E-state index < -0.39 is 0 Å². The van der Waals surface area contributed by atoms with E-state index in [4.69, 9.17) is 0 Å². The third-order valence-electron chi connectivity index (χ3n) is 9.07. The number of aryl methyl sites for hydroxylation is 2. The van der Waals surface area contributed by atoms with Crippen molar-refractivity contribution in [3.63, 3.8) is 0 Å². The Morgan fingerprint density at radius 2 is 0.848 bits per heavy atom. The molecule has 0 N–H and O–H groups in total. The summed E-state index contributed by atoms with van der Waals surface area (Å²) < 4.78 is 0. The zero-order chi connectivity index (χ0) is 31.4. The molecule has 2 aliphatic rings. The molecule has 0 fully saturated rings. The lowest BCUT2D eigenvalue weighted by atomic mass is 9.99. The monoisotopic (exact) mass is 596 g/mol. The number of nitrogens with zero attached hydrogens (tertiary/aromatic N) is 2. The van der Waals surface area contributed by atoms with E-state index in [1.807, 2.05) is 70.5 Å². The Morgan fingerprint density at radius 3 is 1.26 bits per heavy atom. The van der Waals surface area contributed by atoms with Crippen molar-refractivity contribution in [3.8, 4) is 0 Å². The Hall–Kier alpha value is -5.74. The highest BCUT2D eigenvalue weighted by molar-refractivity contribution is 6.30. The molecule has 4 heteroatoms. The molecule has 2 heterocycles. The van der Waals surface area contributed by atoms with Gasteiger partial charge in [0.1, 0.15) is 0 Å². The van der Waals surface area contributed by atoms with Crippen LogP contribution in [-0.4, -0.2) is 21.6 Å². The van der Waals surface area contributed by atoms with Gasteiger partial charge in [0.25, 0.3) is 11.8 Å². The van der Waals surface area contributed by atoms with Gasteiger partial charge < -0.3 is 9.80 Å². The first-order valence-corrected chi connectivity index (χ1v) is 15.7. The van der Waals surface area contributed by atoms with Crippen molar-refractivity contribution in [2.45, 2.75) is 26.9 Å². The van der Waals surface area contributed by atoms with Crippen molar-refractivity contribution in [2.24, 2.45) is 0 Å². The molecule has 0 saturated heterocycles. The van der Waals surface area contributed by atoms with Crippen LogP contribution in [0.25, 0.3) is 32.9 Å². The average Bonchev–Trinajstić information content (AvgIpc) is 3.50. The Balaban J connectivity index is 1.38. The van der Waals surface area contributed by atoms with Gasteiger partial charge in [-0.05, 0) is 69.8 Å². The van der Waals surface area contributed by atoms with Crippen LogP contribution in [0.4, 0.5) is 0 Å². The molecule has 6 aromatic rings. The van der Waals surface area contributed by atoms with E-state index in [0.717, 1.165) is 54.9 Å².